The van der Waals surface area contributed by atoms with Crippen LogP contribution in [0, 0.1) is 0 Å². The zero-order valence-electron chi connectivity index (χ0n) is 38.5. The van der Waals surface area contributed by atoms with Crippen molar-refractivity contribution in [1.82, 2.24) is 9.55 Å². The monoisotopic (exact) mass is 848 g/mol. The molecule has 5 heteroatoms. The molecule has 1 aliphatic heterocycles. The summed E-state index contributed by atoms with van der Waals surface area (Å²) in [7, 11) is 0. The van der Waals surface area contributed by atoms with Gasteiger partial charge in [-0.05, 0) is 105 Å². The summed E-state index contributed by atoms with van der Waals surface area (Å²) in [6.45, 7) is 16.6. The molecule has 322 valence electrons. The summed E-state index contributed by atoms with van der Waals surface area (Å²) in [5, 5.41) is 2.30. The van der Waals surface area contributed by atoms with E-state index in [1.165, 1.54) is 38.9 Å². The first-order valence-corrected chi connectivity index (χ1v) is 22.7. The summed E-state index contributed by atoms with van der Waals surface area (Å²) < 4.78 is 9.33. The zero-order valence-corrected chi connectivity index (χ0v) is 38.5. The van der Waals surface area contributed by atoms with Crippen molar-refractivity contribution >= 4 is 33.2 Å². The average molecular weight is 849 g/mol. The number of nitrogens with zero attached hydrogens (tertiary/aromatic N) is 4. The fourth-order valence-electron chi connectivity index (χ4n) is 9.31. The largest absolute Gasteiger partial charge is 0.457 e. The highest BCUT2D eigenvalue weighted by Crippen LogP contribution is 2.42. The second-order valence-electron chi connectivity index (χ2n) is 19.5. The van der Waals surface area contributed by atoms with E-state index < -0.39 is 0 Å². The molecule has 0 unspecified atom stereocenters. The number of hydrogen-bond acceptors (Lipinski definition) is 4. The Bertz CT molecular complexity index is 3180. The Balaban J connectivity index is 1.07. The third-order valence-electron chi connectivity index (χ3n) is 13.5. The van der Waals surface area contributed by atoms with Crippen LogP contribution in [0.4, 0.5) is 11.4 Å². The van der Waals surface area contributed by atoms with E-state index in [4.69, 9.17) is 9.72 Å². The smallest absolute Gasteiger partial charge is 0.137 e. The fourth-order valence-corrected chi connectivity index (χ4v) is 9.31. The molecule has 65 heavy (non-hydrogen) atoms. The second-order valence-corrected chi connectivity index (χ2v) is 19.5. The fraction of sp³-hybridized carbons (Fsp3) is 0.183. The summed E-state index contributed by atoms with van der Waals surface area (Å²) >= 11 is 0. The molecule has 0 fully saturated rings. The molecule has 7 aromatic carbocycles. The van der Waals surface area contributed by atoms with Gasteiger partial charge in [-0.15, -0.1) is 0 Å². The van der Waals surface area contributed by atoms with Gasteiger partial charge in [0.15, 0.2) is 0 Å². The average Bonchev–Trinajstić information content (AvgIpc) is 3.95. The number of aromatic nitrogens is 2. The highest BCUT2D eigenvalue weighted by Gasteiger charge is 2.28. The van der Waals surface area contributed by atoms with Crippen molar-refractivity contribution in [3.8, 4) is 28.4 Å². The van der Waals surface area contributed by atoms with E-state index in [1.54, 1.807) is 0 Å². The van der Waals surface area contributed by atoms with Gasteiger partial charge in [0.05, 0.1) is 17.7 Å². The lowest BCUT2D eigenvalue weighted by atomic mass is 9.78. The Kier molecular flexibility index (Phi) is 10.5. The highest BCUT2D eigenvalue weighted by atomic mass is 16.5. The molecule has 0 saturated heterocycles. The van der Waals surface area contributed by atoms with Gasteiger partial charge in [0.2, 0.25) is 0 Å². The maximum absolute atomic E-state index is 7.03. The molecule has 0 saturated carbocycles. The number of anilines is 2. The second kappa shape index (κ2) is 16.3. The van der Waals surface area contributed by atoms with E-state index in [0.717, 1.165) is 50.5 Å². The quantitative estimate of drug-likeness (QED) is 0.137. The minimum Gasteiger partial charge on any atom is -0.457 e. The van der Waals surface area contributed by atoms with Crippen LogP contribution in [0.15, 0.2) is 201 Å². The molecule has 0 aliphatic carbocycles. The predicted octanol–water partition coefficient (Wildman–Crippen LogP) is 15.3. The number of rotatable bonds is 10. The summed E-state index contributed by atoms with van der Waals surface area (Å²) in [6, 6.07) is 65.4. The van der Waals surface area contributed by atoms with E-state index in [2.05, 4.69) is 257 Å². The van der Waals surface area contributed by atoms with Crippen molar-refractivity contribution in [3.05, 3.63) is 228 Å². The first-order valence-electron chi connectivity index (χ1n) is 22.7. The Morgan fingerprint density at radius 2 is 1.06 bits per heavy atom. The van der Waals surface area contributed by atoms with Gasteiger partial charge in [-0.25, -0.2) is 4.98 Å². The standard InChI is InChI=1S/C60H56N4O/c1-58(2,3)44-24-26-49(27-25-44)62-33-34-63(41-62)50-36-48(60(6,7)46-21-15-10-16-22-46)37-52(39-50)65-51-28-29-53-54-35-43(42-17-11-8-12-18-42)23-30-55(54)64(56(53)40-51)57-38-47(31-32-61-57)59(4,5)45-19-13-9-14-20-45/h8-40H,41H2,1-7H3. The van der Waals surface area contributed by atoms with Gasteiger partial charge >= 0.3 is 0 Å². The van der Waals surface area contributed by atoms with Gasteiger partial charge in [0.25, 0.3) is 0 Å². The van der Waals surface area contributed by atoms with Crippen molar-refractivity contribution < 1.29 is 4.74 Å². The maximum Gasteiger partial charge on any atom is 0.137 e. The highest BCUT2D eigenvalue weighted by molar-refractivity contribution is 6.10. The molecule has 3 heterocycles. The van der Waals surface area contributed by atoms with Crippen molar-refractivity contribution in [3.63, 3.8) is 0 Å². The third kappa shape index (κ3) is 7.97. The van der Waals surface area contributed by atoms with Crippen LogP contribution in [-0.2, 0) is 16.2 Å². The molecule has 0 spiro atoms. The molecule has 1 aliphatic rings. The van der Waals surface area contributed by atoms with E-state index in [-0.39, 0.29) is 16.2 Å². The Labute approximate surface area is 383 Å². The van der Waals surface area contributed by atoms with Crippen LogP contribution in [0.5, 0.6) is 11.5 Å². The lowest BCUT2D eigenvalue weighted by molar-refractivity contribution is 0.480. The zero-order chi connectivity index (χ0) is 44.9. The molecule has 10 rings (SSSR count). The van der Waals surface area contributed by atoms with E-state index in [9.17, 15) is 0 Å². The van der Waals surface area contributed by atoms with E-state index >= 15 is 0 Å². The molecular weight excluding hydrogens is 793 g/mol. The van der Waals surface area contributed by atoms with Crippen LogP contribution in [0.1, 0.15) is 76.3 Å². The Morgan fingerprint density at radius 1 is 0.431 bits per heavy atom. The van der Waals surface area contributed by atoms with Crippen LogP contribution in [0.25, 0.3) is 38.8 Å². The number of hydrogen-bond donors (Lipinski definition) is 0. The van der Waals surface area contributed by atoms with Crippen LogP contribution < -0.4 is 14.5 Å². The Morgan fingerprint density at radius 3 is 1.72 bits per heavy atom. The van der Waals surface area contributed by atoms with Crippen molar-refractivity contribution in [2.45, 2.75) is 64.7 Å². The molecule has 5 nitrogen and oxygen atoms in total. The maximum atomic E-state index is 7.03. The number of pyridine rings is 1. The molecule has 0 radical (unpaired) electrons. The first-order chi connectivity index (χ1) is 31.3. The summed E-state index contributed by atoms with van der Waals surface area (Å²) in [4.78, 5) is 9.65. The minimum atomic E-state index is -0.293. The van der Waals surface area contributed by atoms with Gasteiger partial charge in [0.1, 0.15) is 17.3 Å². The first kappa shape index (κ1) is 41.6. The van der Waals surface area contributed by atoms with Crippen LogP contribution >= 0.6 is 0 Å². The molecule has 2 aromatic heterocycles. The van der Waals surface area contributed by atoms with Gasteiger partial charge in [0, 0.05) is 63.7 Å². The van der Waals surface area contributed by atoms with Gasteiger partial charge < -0.3 is 14.5 Å². The molecule has 0 amide bonds. The lowest BCUT2D eigenvalue weighted by Gasteiger charge is -2.29. The van der Waals surface area contributed by atoms with E-state index in [1.807, 2.05) is 6.20 Å². The van der Waals surface area contributed by atoms with Gasteiger partial charge in [-0.3, -0.25) is 4.57 Å². The molecule has 0 bridgehead atoms. The molecule has 0 N–H and O–H groups in total. The number of benzene rings is 7. The van der Waals surface area contributed by atoms with Gasteiger partial charge in [-0.2, -0.15) is 0 Å². The molecule has 0 atom stereocenters. The lowest BCUT2D eigenvalue weighted by Crippen LogP contribution is -2.25. The number of ether oxygens (including phenoxy) is 1. The van der Waals surface area contributed by atoms with Crippen LogP contribution in [0.2, 0.25) is 0 Å². The Hall–Kier alpha value is -7.37. The van der Waals surface area contributed by atoms with Gasteiger partial charge in [-0.1, -0.05) is 158 Å². The number of fused-ring (bicyclic) bond motifs is 3. The normalized spacial score (nSPS) is 13.3. The van der Waals surface area contributed by atoms with Crippen LogP contribution in [-0.4, -0.2) is 16.2 Å². The minimum absolute atomic E-state index is 0.0997. The summed E-state index contributed by atoms with van der Waals surface area (Å²) in [6.07, 6.45) is 6.29. The topological polar surface area (TPSA) is 33.5 Å². The van der Waals surface area contributed by atoms with E-state index in [0.29, 0.717) is 6.67 Å². The molecule has 9 aromatic rings. The SMILES string of the molecule is CC(C)(C)c1ccc(N2C=CN(c3cc(Oc4ccc5c6cc(-c7ccccc7)ccc6n(-c6cc(C(C)(C)c7ccccc7)ccn6)c5c4)cc(C(C)(C)c4ccccc4)c3)C2)cc1. The summed E-state index contributed by atoms with van der Waals surface area (Å²) in [5.74, 6) is 2.40. The predicted molar refractivity (Wildman–Crippen MR) is 272 cm³/mol. The van der Waals surface area contributed by atoms with Crippen molar-refractivity contribution in [1.29, 1.82) is 0 Å². The summed E-state index contributed by atoms with van der Waals surface area (Å²) in [5.41, 5.74) is 12.5. The molecular formula is C60H56N4O. The third-order valence-corrected chi connectivity index (χ3v) is 13.5. The van der Waals surface area contributed by atoms with Crippen molar-refractivity contribution in [2.75, 3.05) is 16.5 Å². The van der Waals surface area contributed by atoms with Crippen LogP contribution in [0.3, 0.4) is 0 Å². The van der Waals surface area contributed by atoms with Crippen molar-refractivity contribution in [2.24, 2.45) is 0 Å².